The van der Waals surface area contributed by atoms with Gasteiger partial charge in [0.15, 0.2) is 5.65 Å². The molecule has 6 heteroatoms. The first-order valence-electron chi connectivity index (χ1n) is 8.80. The molecule has 6 nitrogen and oxygen atoms in total. The summed E-state index contributed by atoms with van der Waals surface area (Å²) in [6, 6.07) is 4.60. The van der Waals surface area contributed by atoms with Crippen molar-refractivity contribution in [3.05, 3.63) is 29.0 Å². The minimum absolute atomic E-state index is 0.492. The van der Waals surface area contributed by atoms with Crippen LogP contribution in [0.2, 0.25) is 0 Å². The van der Waals surface area contributed by atoms with Gasteiger partial charge >= 0.3 is 0 Å². The van der Waals surface area contributed by atoms with E-state index in [0.29, 0.717) is 6.04 Å². The number of hydrogen-bond acceptors (Lipinski definition) is 5. The maximum atomic E-state index is 5.49. The zero-order valence-electron chi connectivity index (χ0n) is 15.0. The van der Waals surface area contributed by atoms with Crippen LogP contribution in [0.5, 0.6) is 5.75 Å². The van der Waals surface area contributed by atoms with Gasteiger partial charge in [-0.15, -0.1) is 0 Å². The van der Waals surface area contributed by atoms with E-state index < -0.39 is 0 Å². The average Bonchev–Trinajstić information content (AvgIpc) is 3.01. The van der Waals surface area contributed by atoms with Crippen LogP contribution < -0.4 is 10.1 Å². The monoisotopic (exact) mass is 340 g/mol. The van der Waals surface area contributed by atoms with E-state index in [4.69, 9.17) is 14.5 Å². The molecule has 1 saturated heterocycles. The number of aromatic amines is 1. The van der Waals surface area contributed by atoms with Crippen molar-refractivity contribution in [2.45, 2.75) is 39.3 Å². The van der Waals surface area contributed by atoms with Gasteiger partial charge in [0.2, 0.25) is 0 Å². The van der Waals surface area contributed by atoms with E-state index in [1.54, 1.807) is 7.11 Å². The third-order valence-corrected chi connectivity index (χ3v) is 5.07. The van der Waals surface area contributed by atoms with Crippen molar-refractivity contribution in [3.63, 3.8) is 0 Å². The van der Waals surface area contributed by atoms with Crippen LogP contribution in [0.25, 0.3) is 21.9 Å². The molecule has 1 aliphatic rings. The van der Waals surface area contributed by atoms with E-state index in [2.05, 4.69) is 28.5 Å². The van der Waals surface area contributed by atoms with Crippen molar-refractivity contribution >= 4 is 21.9 Å². The summed E-state index contributed by atoms with van der Waals surface area (Å²) in [6.45, 7) is 6.57. The highest BCUT2D eigenvalue weighted by molar-refractivity contribution is 5.99. The van der Waals surface area contributed by atoms with Crippen LogP contribution >= 0.6 is 0 Å². The summed E-state index contributed by atoms with van der Waals surface area (Å²) in [5.74, 6) is 0.861. The van der Waals surface area contributed by atoms with Crippen LogP contribution in [0.3, 0.4) is 0 Å². The lowest BCUT2D eigenvalue weighted by Gasteiger charge is -2.24. The van der Waals surface area contributed by atoms with Gasteiger partial charge in [-0.05, 0) is 49.9 Å². The van der Waals surface area contributed by atoms with Crippen LogP contribution in [-0.4, -0.2) is 41.5 Å². The number of rotatable bonds is 4. The number of aromatic nitrogens is 3. The Balaban J connectivity index is 1.84. The van der Waals surface area contributed by atoms with Crippen LogP contribution in [0, 0.1) is 13.8 Å². The fourth-order valence-electron chi connectivity index (χ4n) is 3.67. The van der Waals surface area contributed by atoms with Gasteiger partial charge in [-0.1, -0.05) is 0 Å². The molecule has 2 aromatic heterocycles. The highest BCUT2D eigenvalue weighted by Crippen LogP contribution is 2.32. The molecule has 1 fully saturated rings. The molecule has 0 aliphatic carbocycles. The first-order chi connectivity index (χ1) is 12.2. The number of aryl methyl sites for hydroxylation is 2. The number of benzene rings is 1. The number of ether oxygens (including phenoxy) is 2. The van der Waals surface area contributed by atoms with Crippen molar-refractivity contribution in [2.24, 2.45) is 0 Å². The van der Waals surface area contributed by atoms with Gasteiger partial charge in [0.25, 0.3) is 0 Å². The number of methoxy groups -OCH3 is 1. The molecule has 2 N–H and O–H groups in total. The van der Waals surface area contributed by atoms with Gasteiger partial charge in [-0.2, -0.15) is 5.10 Å². The average molecular weight is 340 g/mol. The second-order valence-electron chi connectivity index (χ2n) is 6.75. The number of pyridine rings is 1. The summed E-state index contributed by atoms with van der Waals surface area (Å²) in [7, 11) is 1.70. The summed E-state index contributed by atoms with van der Waals surface area (Å²) in [4.78, 5) is 4.78. The van der Waals surface area contributed by atoms with E-state index in [0.717, 1.165) is 71.5 Å². The smallest absolute Gasteiger partial charge is 0.182 e. The maximum absolute atomic E-state index is 5.49. The molecular formula is C19H24N4O2. The number of nitrogens with zero attached hydrogens (tertiary/aromatic N) is 2. The van der Waals surface area contributed by atoms with Crippen molar-refractivity contribution in [3.8, 4) is 5.75 Å². The van der Waals surface area contributed by atoms with Gasteiger partial charge in [0.05, 0.1) is 12.6 Å². The summed E-state index contributed by atoms with van der Waals surface area (Å²) in [5.41, 5.74) is 5.16. The van der Waals surface area contributed by atoms with Crippen LogP contribution in [0.4, 0.5) is 0 Å². The predicted molar refractivity (Wildman–Crippen MR) is 98.1 cm³/mol. The number of fused-ring (bicyclic) bond motifs is 2. The molecule has 0 bridgehead atoms. The first-order valence-corrected chi connectivity index (χ1v) is 8.80. The SMILES string of the molecule is COc1cc(C)c2nc3n[nH]c(C)c3c(CNC3CCOCC3)c2c1. The van der Waals surface area contributed by atoms with Gasteiger partial charge in [0, 0.05) is 42.3 Å². The minimum Gasteiger partial charge on any atom is -0.497 e. The Labute approximate surface area is 146 Å². The van der Waals surface area contributed by atoms with Crippen molar-refractivity contribution in [2.75, 3.05) is 20.3 Å². The van der Waals surface area contributed by atoms with Crippen molar-refractivity contribution in [1.29, 1.82) is 0 Å². The second-order valence-corrected chi connectivity index (χ2v) is 6.75. The fourth-order valence-corrected chi connectivity index (χ4v) is 3.67. The molecule has 0 spiro atoms. The van der Waals surface area contributed by atoms with Gasteiger partial charge in [-0.3, -0.25) is 5.10 Å². The van der Waals surface area contributed by atoms with Gasteiger partial charge in [-0.25, -0.2) is 4.98 Å². The molecule has 0 radical (unpaired) electrons. The molecular weight excluding hydrogens is 316 g/mol. The third kappa shape index (κ3) is 2.96. The molecule has 0 saturated carbocycles. The Hall–Kier alpha value is -2.18. The third-order valence-electron chi connectivity index (χ3n) is 5.07. The number of nitrogens with one attached hydrogen (secondary N) is 2. The van der Waals surface area contributed by atoms with E-state index >= 15 is 0 Å². The quantitative estimate of drug-likeness (QED) is 0.764. The Bertz CT molecular complexity index is 913. The van der Waals surface area contributed by atoms with Gasteiger partial charge in [0.1, 0.15) is 5.75 Å². The zero-order valence-corrected chi connectivity index (χ0v) is 15.0. The highest BCUT2D eigenvalue weighted by atomic mass is 16.5. The molecule has 1 aliphatic heterocycles. The first kappa shape index (κ1) is 16.3. The molecule has 4 rings (SSSR count). The maximum Gasteiger partial charge on any atom is 0.182 e. The largest absolute Gasteiger partial charge is 0.497 e. The summed E-state index contributed by atoms with van der Waals surface area (Å²) >= 11 is 0. The summed E-state index contributed by atoms with van der Waals surface area (Å²) in [5, 5.41) is 13.4. The number of H-pyrrole nitrogens is 1. The van der Waals surface area contributed by atoms with Gasteiger partial charge < -0.3 is 14.8 Å². The zero-order chi connectivity index (χ0) is 17.4. The van der Waals surface area contributed by atoms with E-state index in [1.165, 1.54) is 5.56 Å². The lowest BCUT2D eigenvalue weighted by molar-refractivity contribution is 0.0776. The minimum atomic E-state index is 0.492. The lowest BCUT2D eigenvalue weighted by Crippen LogP contribution is -2.34. The lowest BCUT2D eigenvalue weighted by atomic mass is 10.0. The Morgan fingerprint density at radius 3 is 2.84 bits per heavy atom. The molecule has 3 heterocycles. The van der Waals surface area contributed by atoms with E-state index in [1.807, 2.05) is 13.0 Å². The predicted octanol–water partition coefficient (Wildman–Crippen LogP) is 3.01. The highest BCUT2D eigenvalue weighted by Gasteiger charge is 2.18. The fraction of sp³-hybridized carbons (Fsp3) is 0.474. The molecule has 132 valence electrons. The Kier molecular flexibility index (Phi) is 4.31. The Morgan fingerprint density at radius 2 is 2.08 bits per heavy atom. The standard InChI is InChI=1S/C19H24N4O2/c1-11-8-14(24-3)9-15-16(10-20-13-4-6-25-7-5-13)17-12(2)22-23-19(17)21-18(11)15/h8-9,13,20H,4-7,10H2,1-3H3,(H,21,22,23). The molecule has 0 atom stereocenters. The molecule has 25 heavy (non-hydrogen) atoms. The molecule has 0 amide bonds. The number of hydrogen-bond donors (Lipinski definition) is 2. The van der Waals surface area contributed by atoms with E-state index in [9.17, 15) is 0 Å². The Morgan fingerprint density at radius 1 is 1.28 bits per heavy atom. The van der Waals surface area contributed by atoms with Crippen LogP contribution in [0.1, 0.15) is 29.7 Å². The van der Waals surface area contributed by atoms with Crippen molar-refractivity contribution < 1.29 is 9.47 Å². The summed E-state index contributed by atoms with van der Waals surface area (Å²) in [6.07, 6.45) is 2.11. The van der Waals surface area contributed by atoms with Crippen molar-refractivity contribution in [1.82, 2.24) is 20.5 Å². The topological polar surface area (TPSA) is 72.1 Å². The second kappa shape index (κ2) is 6.61. The summed E-state index contributed by atoms with van der Waals surface area (Å²) < 4.78 is 11.0. The normalized spacial score (nSPS) is 16.0. The molecule has 0 unspecified atom stereocenters. The van der Waals surface area contributed by atoms with E-state index in [-0.39, 0.29) is 0 Å². The van der Waals surface area contributed by atoms with Crippen LogP contribution in [0.15, 0.2) is 12.1 Å². The molecule has 3 aromatic rings. The van der Waals surface area contributed by atoms with Crippen LogP contribution in [-0.2, 0) is 11.3 Å². The molecule has 1 aromatic carbocycles.